The lowest BCUT2D eigenvalue weighted by Gasteiger charge is -2.49. The largest absolute Gasteiger partial charge is 0.347 e. The summed E-state index contributed by atoms with van der Waals surface area (Å²) < 4.78 is 0. The second-order valence-corrected chi connectivity index (χ2v) is 9.03. The monoisotopic (exact) mass is 384 g/mol. The molecule has 0 radical (unpaired) electrons. The van der Waals surface area contributed by atoms with Gasteiger partial charge in [-0.05, 0) is 56.8 Å². The van der Waals surface area contributed by atoms with Gasteiger partial charge < -0.3 is 14.8 Å². The van der Waals surface area contributed by atoms with E-state index in [1.807, 2.05) is 10.5 Å². The van der Waals surface area contributed by atoms with E-state index in [9.17, 15) is 0 Å². The average molecular weight is 385 g/mol. The topological polar surface area (TPSA) is 61.5 Å². The summed E-state index contributed by atoms with van der Waals surface area (Å²) in [4.78, 5) is 5.15. The van der Waals surface area contributed by atoms with E-state index < -0.39 is 0 Å². The Hall–Kier alpha value is -1.70. The molecule has 1 aromatic heterocycles. The molecule has 0 amide bonds. The maximum absolute atomic E-state index is 6.24. The molecule has 1 spiro atoms. The molecule has 2 aromatic rings. The highest BCUT2D eigenvalue weighted by Gasteiger charge is 2.42. The molecule has 6 nitrogen and oxygen atoms in total. The first-order valence-corrected chi connectivity index (χ1v) is 11.0. The molecule has 144 valence electrons. The number of anilines is 2. The molecule has 0 bridgehead atoms. The summed E-state index contributed by atoms with van der Waals surface area (Å²) in [7, 11) is 0. The first kappa shape index (κ1) is 17.4. The summed E-state index contributed by atoms with van der Waals surface area (Å²) in [6, 6.07) is 9.50. The Balaban J connectivity index is 1.23. The summed E-state index contributed by atoms with van der Waals surface area (Å²) in [5.74, 6) is 6.24. The SMILES string of the molecule is NN1CCC2(CCN(C3CCN(c4nncs4)CC3)CC2)c2ccccc21. The van der Waals surface area contributed by atoms with Crippen LogP contribution in [0.4, 0.5) is 10.8 Å². The van der Waals surface area contributed by atoms with E-state index in [0.717, 1.165) is 30.8 Å². The van der Waals surface area contributed by atoms with E-state index in [-0.39, 0.29) is 0 Å². The zero-order valence-electron chi connectivity index (χ0n) is 15.8. The number of rotatable bonds is 2. The van der Waals surface area contributed by atoms with Crippen LogP contribution in [-0.4, -0.2) is 53.9 Å². The molecule has 0 atom stereocenters. The van der Waals surface area contributed by atoms with E-state index in [4.69, 9.17) is 5.84 Å². The average Bonchev–Trinajstić information content (AvgIpc) is 3.27. The van der Waals surface area contributed by atoms with E-state index in [1.165, 1.54) is 56.4 Å². The van der Waals surface area contributed by atoms with Crippen LogP contribution in [0.15, 0.2) is 29.8 Å². The number of benzene rings is 1. The number of likely N-dealkylation sites (tertiary alicyclic amines) is 1. The molecule has 3 aliphatic heterocycles. The Morgan fingerprint density at radius 2 is 1.74 bits per heavy atom. The fourth-order valence-electron chi connectivity index (χ4n) is 5.33. The van der Waals surface area contributed by atoms with Crippen LogP contribution >= 0.6 is 11.3 Å². The molecular weight excluding hydrogens is 356 g/mol. The third-order valence-electron chi connectivity index (χ3n) is 6.97. The number of para-hydroxylation sites is 1. The molecule has 7 heteroatoms. The first-order valence-electron chi connectivity index (χ1n) is 10.1. The molecule has 2 fully saturated rings. The highest BCUT2D eigenvalue weighted by molar-refractivity contribution is 7.13. The lowest BCUT2D eigenvalue weighted by molar-refractivity contribution is 0.0947. The molecule has 5 rings (SSSR count). The van der Waals surface area contributed by atoms with Gasteiger partial charge in [0.1, 0.15) is 5.51 Å². The van der Waals surface area contributed by atoms with Crippen LogP contribution in [0.2, 0.25) is 0 Å². The summed E-state index contributed by atoms with van der Waals surface area (Å²) in [6.07, 6.45) is 6.17. The Morgan fingerprint density at radius 3 is 2.48 bits per heavy atom. The van der Waals surface area contributed by atoms with Crippen LogP contribution in [0.3, 0.4) is 0 Å². The molecule has 0 saturated carbocycles. The Labute approximate surface area is 164 Å². The second kappa shape index (κ2) is 7.04. The minimum atomic E-state index is 0.330. The third-order valence-corrected chi connectivity index (χ3v) is 7.72. The van der Waals surface area contributed by atoms with Crippen molar-refractivity contribution in [1.29, 1.82) is 0 Å². The molecule has 2 N–H and O–H groups in total. The molecule has 1 aromatic carbocycles. The molecule has 3 aliphatic rings. The van der Waals surface area contributed by atoms with E-state index >= 15 is 0 Å². The highest BCUT2D eigenvalue weighted by Crippen LogP contribution is 2.46. The van der Waals surface area contributed by atoms with Crippen molar-refractivity contribution in [3.63, 3.8) is 0 Å². The van der Waals surface area contributed by atoms with Gasteiger partial charge in [-0.15, -0.1) is 10.2 Å². The van der Waals surface area contributed by atoms with Crippen LogP contribution < -0.4 is 15.8 Å². The molecule has 0 aliphatic carbocycles. The zero-order chi connectivity index (χ0) is 18.3. The molecule has 2 saturated heterocycles. The number of nitrogens with two attached hydrogens (primary N) is 1. The maximum atomic E-state index is 6.24. The highest BCUT2D eigenvalue weighted by atomic mass is 32.1. The number of nitrogens with zero attached hydrogens (tertiary/aromatic N) is 5. The lowest BCUT2D eigenvalue weighted by Crippen LogP contribution is -2.53. The predicted molar refractivity (Wildman–Crippen MR) is 110 cm³/mol. The number of fused-ring (bicyclic) bond motifs is 2. The Morgan fingerprint density at radius 1 is 1.00 bits per heavy atom. The minimum Gasteiger partial charge on any atom is -0.347 e. The Kier molecular flexibility index (Phi) is 4.53. The third kappa shape index (κ3) is 3.11. The van der Waals surface area contributed by atoms with Gasteiger partial charge in [-0.2, -0.15) is 0 Å². The number of piperidine rings is 2. The normalized spacial score (nSPS) is 23.6. The molecule has 27 heavy (non-hydrogen) atoms. The van der Waals surface area contributed by atoms with Gasteiger partial charge in [0, 0.05) is 31.1 Å². The van der Waals surface area contributed by atoms with Crippen molar-refractivity contribution in [3.05, 3.63) is 35.3 Å². The summed E-state index contributed by atoms with van der Waals surface area (Å²) >= 11 is 1.65. The van der Waals surface area contributed by atoms with Gasteiger partial charge in [0.25, 0.3) is 0 Å². The number of aromatic nitrogens is 2. The van der Waals surface area contributed by atoms with Gasteiger partial charge >= 0.3 is 0 Å². The number of hydrazine groups is 1. The molecule has 0 unspecified atom stereocenters. The smallest absolute Gasteiger partial charge is 0.208 e. The van der Waals surface area contributed by atoms with Gasteiger partial charge in [0.05, 0.1) is 5.69 Å². The fraction of sp³-hybridized carbons (Fsp3) is 0.600. The van der Waals surface area contributed by atoms with E-state index in [2.05, 4.69) is 44.3 Å². The fourth-order valence-corrected chi connectivity index (χ4v) is 5.94. The van der Waals surface area contributed by atoms with Gasteiger partial charge in [-0.3, -0.25) is 0 Å². The van der Waals surface area contributed by atoms with Gasteiger partial charge in [-0.25, -0.2) is 5.84 Å². The number of hydrogen-bond acceptors (Lipinski definition) is 7. The minimum absolute atomic E-state index is 0.330. The first-order chi connectivity index (χ1) is 13.3. The second-order valence-electron chi connectivity index (χ2n) is 8.22. The van der Waals surface area contributed by atoms with Crippen molar-refractivity contribution < 1.29 is 0 Å². The van der Waals surface area contributed by atoms with Crippen LogP contribution in [0.25, 0.3) is 0 Å². The Bertz CT molecular complexity index is 763. The van der Waals surface area contributed by atoms with Crippen molar-refractivity contribution in [3.8, 4) is 0 Å². The standard InChI is InChI=1S/C20H28N6S/c21-26-14-9-20(17-3-1-2-4-18(17)26)7-12-24(13-8-20)16-5-10-25(11-6-16)19-23-22-15-27-19/h1-4,15-16H,5-14,21H2. The van der Waals surface area contributed by atoms with Crippen molar-refractivity contribution >= 4 is 22.2 Å². The van der Waals surface area contributed by atoms with Crippen LogP contribution in [0.1, 0.15) is 37.7 Å². The van der Waals surface area contributed by atoms with Crippen molar-refractivity contribution in [2.24, 2.45) is 5.84 Å². The van der Waals surface area contributed by atoms with Gasteiger partial charge in [0.2, 0.25) is 5.13 Å². The lowest BCUT2D eigenvalue weighted by atomic mass is 9.68. The van der Waals surface area contributed by atoms with Crippen molar-refractivity contribution in [1.82, 2.24) is 15.1 Å². The predicted octanol–water partition coefficient (Wildman–Crippen LogP) is 2.62. The van der Waals surface area contributed by atoms with Crippen LogP contribution in [-0.2, 0) is 5.41 Å². The van der Waals surface area contributed by atoms with Crippen LogP contribution in [0.5, 0.6) is 0 Å². The van der Waals surface area contributed by atoms with Gasteiger partial charge in [0.15, 0.2) is 0 Å². The number of hydrogen-bond donors (Lipinski definition) is 1. The molecule has 4 heterocycles. The zero-order valence-corrected chi connectivity index (χ0v) is 16.6. The quantitative estimate of drug-likeness (QED) is 0.803. The molecular formula is C20H28N6S. The van der Waals surface area contributed by atoms with E-state index in [0.29, 0.717) is 5.41 Å². The van der Waals surface area contributed by atoms with E-state index in [1.54, 1.807) is 11.3 Å². The summed E-state index contributed by atoms with van der Waals surface area (Å²) in [6.45, 7) is 5.60. The van der Waals surface area contributed by atoms with Crippen molar-refractivity contribution in [2.75, 3.05) is 42.6 Å². The van der Waals surface area contributed by atoms with Crippen LogP contribution in [0, 0.1) is 0 Å². The van der Waals surface area contributed by atoms with Gasteiger partial charge in [-0.1, -0.05) is 29.5 Å². The summed E-state index contributed by atoms with van der Waals surface area (Å²) in [5.41, 5.74) is 4.87. The van der Waals surface area contributed by atoms with Crippen molar-refractivity contribution in [2.45, 2.75) is 43.6 Å². The maximum Gasteiger partial charge on any atom is 0.208 e. The summed E-state index contributed by atoms with van der Waals surface area (Å²) in [5, 5.41) is 11.2.